The van der Waals surface area contributed by atoms with Gasteiger partial charge in [0.05, 0.1) is 13.2 Å². The molecule has 17 heavy (non-hydrogen) atoms. The van der Waals surface area contributed by atoms with Crippen molar-refractivity contribution in [3.63, 3.8) is 0 Å². The predicted octanol–water partition coefficient (Wildman–Crippen LogP) is 1.76. The molecule has 0 atom stereocenters. The highest BCUT2D eigenvalue weighted by atomic mass is 16.5. The van der Waals surface area contributed by atoms with Crippen molar-refractivity contribution >= 4 is 5.69 Å². The molecule has 0 aromatic heterocycles. The zero-order valence-corrected chi connectivity index (χ0v) is 10.5. The van der Waals surface area contributed by atoms with Crippen molar-refractivity contribution in [2.75, 3.05) is 37.8 Å². The van der Waals surface area contributed by atoms with Gasteiger partial charge < -0.3 is 14.7 Å². The topological polar surface area (TPSA) is 32.7 Å². The fourth-order valence-corrected chi connectivity index (χ4v) is 2.30. The van der Waals surface area contributed by atoms with Crippen LogP contribution in [0.15, 0.2) is 18.2 Å². The summed E-state index contributed by atoms with van der Waals surface area (Å²) in [5, 5.41) is 8.96. The number of rotatable bonds is 4. The number of anilines is 1. The Morgan fingerprint density at radius 2 is 2.06 bits per heavy atom. The zero-order chi connectivity index (χ0) is 12.1. The average molecular weight is 235 g/mol. The van der Waals surface area contributed by atoms with E-state index < -0.39 is 0 Å². The maximum Gasteiger partial charge on any atom is 0.0642 e. The minimum atomic E-state index is 0.260. The van der Waals surface area contributed by atoms with Crippen molar-refractivity contribution in [3.05, 3.63) is 29.3 Å². The predicted molar refractivity (Wildman–Crippen MR) is 69.6 cm³/mol. The monoisotopic (exact) mass is 235 g/mol. The van der Waals surface area contributed by atoms with Gasteiger partial charge in [-0.2, -0.15) is 0 Å². The Kier molecular flexibility index (Phi) is 4.40. The Bertz CT molecular complexity index is 359. The standard InChI is InChI=1S/C14H21NO2/c1-12-4-5-14(13(11-12)3-2-8-16)15-6-9-17-10-7-15/h4-5,11,16H,2-3,6-10H2,1H3. The van der Waals surface area contributed by atoms with Crippen molar-refractivity contribution < 1.29 is 9.84 Å². The maximum atomic E-state index is 8.96. The van der Waals surface area contributed by atoms with Crippen molar-refractivity contribution in [1.29, 1.82) is 0 Å². The number of aliphatic hydroxyl groups excluding tert-OH is 1. The highest BCUT2D eigenvalue weighted by molar-refractivity contribution is 5.55. The molecule has 2 rings (SSSR count). The molecule has 1 fully saturated rings. The smallest absolute Gasteiger partial charge is 0.0642 e. The SMILES string of the molecule is Cc1ccc(N2CCOCC2)c(CCCO)c1. The van der Waals surface area contributed by atoms with E-state index in [4.69, 9.17) is 9.84 Å². The van der Waals surface area contributed by atoms with Gasteiger partial charge in [0.15, 0.2) is 0 Å². The van der Waals surface area contributed by atoms with Gasteiger partial charge in [-0.15, -0.1) is 0 Å². The maximum absolute atomic E-state index is 8.96. The van der Waals surface area contributed by atoms with Crippen LogP contribution in [0.3, 0.4) is 0 Å². The molecule has 0 radical (unpaired) electrons. The number of ether oxygens (including phenoxy) is 1. The van der Waals surface area contributed by atoms with Crippen LogP contribution < -0.4 is 4.90 Å². The van der Waals surface area contributed by atoms with Gasteiger partial charge in [0, 0.05) is 25.4 Å². The van der Waals surface area contributed by atoms with Crippen molar-refractivity contribution in [1.82, 2.24) is 0 Å². The van der Waals surface area contributed by atoms with E-state index in [1.807, 2.05) is 0 Å². The first-order chi connectivity index (χ1) is 8.31. The highest BCUT2D eigenvalue weighted by Crippen LogP contribution is 2.24. The number of nitrogens with zero attached hydrogens (tertiary/aromatic N) is 1. The van der Waals surface area contributed by atoms with E-state index in [0.29, 0.717) is 0 Å². The van der Waals surface area contributed by atoms with E-state index in [2.05, 4.69) is 30.0 Å². The Labute approximate surface area is 103 Å². The fraction of sp³-hybridized carbons (Fsp3) is 0.571. The second-order valence-electron chi connectivity index (χ2n) is 4.56. The summed E-state index contributed by atoms with van der Waals surface area (Å²) in [7, 11) is 0. The third-order valence-corrected chi connectivity index (χ3v) is 3.19. The first kappa shape index (κ1) is 12.4. The lowest BCUT2D eigenvalue weighted by atomic mass is 10.0. The minimum absolute atomic E-state index is 0.260. The lowest BCUT2D eigenvalue weighted by Crippen LogP contribution is -2.36. The molecule has 0 unspecified atom stereocenters. The molecule has 94 valence electrons. The van der Waals surface area contributed by atoms with Crippen LogP contribution in [0.2, 0.25) is 0 Å². The summed E-state index contributed by atoms with van der Waals surface area (Å²) in [5.74, 6) is 0. The quantitative estimate of drug-likeness (QED) is 0.863. The number of aryl methyl sites for hydroxylation is 2. The molecule has 0 aliphatic carbocycles. The molecule has 1 N–H and O–H groups in total. The first-order valence-corrected chi connectivity index (χ1v) is 6.34. The van der Waals surface area contributed by atoms with Crippen LogP contribution in [0.5, 0.6) is 0 Å². The molecule has 1 aromatic carbocycles. The fourth-order valence-electron chi connectivity index (χ4n) is 2.30. The van der Waals surface area contributed by atoms with Crippen LogP contribution in [0.25, 0.3) is 0 Å². The third kappa shape index (κ3) is 3.20. The van der Waals surface area contributed by atoms with E-state index in [-0.39, 0.29) is 6.61 Å². The Hall–Kier alpha value is -1.06. The van der Waals surface area contributed by atoms with Gasteiger partial charge in [-0.3, -0.25) is 0 Å². The largest absolute Gasteiger partial charge is 0.396 e. The van der Waals surface area contributed by atoms with E-state index in [9.17, 15) is 0 Å². The van der Waals surface area contributed by atoms with Gasteiger partial charge in [0.2, 0.25) is 0 Å². The lowest BCUT2D eigenvalue weighted by molar-refractivity contribution is 0.122. The zero-order valence-electron chi connectivity index (χ0n) is 10.5. The second kappa shape index (κ2) is 6.03. The molecule has 1 saturated heterocycles. The van der Waals surface area contributed by atoms with Crippen LogP contribution in [-0.4, -0.2) is 38.0 Å². The molecule has 1 aliphatic heterocycles. The number of hydrogen-bond donors (Lipinski definition) is 1. The van der Waals surface area contributed by atoms with Gasteiger partial charge in [-0.25, -0.2) is 0 Å². The van der Waals surface area contributed by atoms with Crippen molar-refractivity contribution in [2.45, 2.75) is 19.8 Å². The van der Waals surface area contributed by atoms with Gasteiger partial charge in [-0.1, -0.05) is 17.7 Å². The highest BCUT2D eigenvalue weighted by Gasteiger charge is 2.14. The Morgan fingerprint density at radius 1 is 1.29 bits per heavy atom. The molecule has 0 amide bonds. The molecular weight excluding hydrogens is 214 g/mol. The lowest BCUT2D eigenvalue weighted by Gasteiger charge is -2.31. The molecule has 1 aromatic rings. The van der Waals surface area contributed by atoms with E-state index in [0.717, 1.165) is 39.1 Å². The van der Waals surface area contributed by atoms with Gasteiger partial charge in [0.25, 0.3) is 0 Å². The molecule has 0 saturated carbocycles. The summed E-state index contributed by atoms with van der Waals surface area (Å²) in [6.45, 7) is 5.94. The molecule has 1 heterocycles. The van der Waals surface area contributed by atoms with Crippen LogP contribution in [-0.2, 0) is 11.2 Å². The summed E-state index contributed by atoms with van der Waals surface area (Å²) in [5.41, 5.74) is 3.95. The number of hydrogen-bond acceptors (Lipinski definition) is 3. The van der Waals surface area contributed by atoms with Gasteiger partial charge in [-0.05, 0) is 31.4 Å². The van der Waals surface area contributed by atoms with E-state index in [1.54, 1.807) is 0 Å². The van der Waals surface area contributed by atoms with E-state index in [1.165, 1.54) is 16.8 Å². The molecular formula is C14H21NO2. The molecule has 3 heteroatoms. The summed E-state index contributed by atoms with van der Waals surface area (Å²) in [6, 6.07) is 6.60. The van der Waals surface area contributed by atoms with E-state index >= 15 is 0 Å². The van der Waals surface area contributed by atoms with Gasteiger partial charge in [0.1, 0.15) is 0 Å². The molecule has 0 spiro atoms. The van der Waals surface area contributed by atoms with Crippen molar-refractivity contribution in [3.8, 4) is 0 Å². The van der Waals surface area contributed by atoms with Crippen molar-refractivity contribution in [2.24, 2.45) is 0 Å². The number of morpholine rings is 1. The number of aliphatic hydroxyl groups is 1. The summed E-state index contributed by atoms with van der Waals surface area (Å²) in [6.07, 6.45) is 1.78. The average Bonchev–Trinajstić information content (AvgIpc) is 2.37. The number of benzene rings is 1. The summed E-state index contributed by atoms with van der Waals surface area (Å²) < 4.78 is 5.38. The van der Waals surface area contributed by atoms with Crippen LogP contribution in [0, 0.1) is 6.92 Å². The molecule has 0 bridgehead atoms. The first-order valence-electron chi connectivity index (χ1n) is 6.34. The molecule has 1 aliphatic rings. The Morgan fingerprint density at radius 3 is 2.76 bits per heavy atom. The Balaban J connectivity index is 2.18. The van der Waals surface area contributed by atoms with Crippen LogP contribution in [0.4, 0.5) is 5.69 Å². The minimum Gasteiger partial charge on any atom is -0.396 e. The summed E-state index contributed by atoms with van der Waals surface area (Å²) in [4.78, 5) is 2.38. The normalized spacial score (nSPS) is 16.2. The van der Waals surface area contributed by atoms with Gasteiger partial charge >= 0.3 is 0 Å². The third-order valence-electron chi connectivity index (χ3n) is 3.19. The second-order valence-corrected chi connectivity index (χ2v) is 4.56. The van der Waals surface area contributed by atoms with Crippen LogP contribution >= 0.6 is 0 Å². The summed E-state index contributed by atoms with van der Waals surface area (Å²) >= 11 is 0. The van der Waals surface area contributed by atoms with Crippen LogP contribution in [0.1, 0.15) is 17.5 Å². The molecule has 3 nitrogen and oxygen atoms in total.